The Hall–Kier alpha value is -2.45. The SMILES string of the molecule is Cc1sc2nc(CSc3nc4ccccc4c(=O)n3C)[nH]c(=O)c2c1C. The Kier molecular flexibility index (Phi) is 4.16. The van der Waals surface area contributed by atoms with Crippen molar-refractivity contribution in [1.82, 2.24) is 19.5 Å². The highest BCUT2D eigenvalue weighted by Crippen LogP contribution is 2.27. The Balaban J connectivity index is 1.71. The van der Waals surface area contributed by atoms with Gasteiger partial charge in [0.1, 0.15) is 10.7 Å². The first-order chi connectivity index (χ1) is 12.5. The van der Waals surface area contributed by atoms with Gasteiger partial charge in [-0.1, -0.05) is 23.9 Å². The van der Waals surface area contributed by atoms with Gasteiger partial charge in [-0.3, -0.25) is 14.2 Å². The van der Waals surface area contributed by atoms with Crippen molar-refractivity contribution in [3.8, 4) is 0 Å². The van der Waals surface area contributed by atoms with E-state index in [0.717, 1.165) is 15.3 Å². The molecule has 0 aliphatic rings. The number of aromatic amines is 1. The van der Waals surface area contributed by atoms with Crippen LogP contribution in [0.25, 0.3) is 21.1 Å². The van der Waals surface area contributed by atoms with Crippen LogP contribution in [-0.4, -0.2) is 19.5 Å². The molecule has 0 aliphatic heterocycles. The summed E-state index contributed by atoms with van der Waals surface area (Å²) in [5, 5.41) is 1.85. The van der Waals surface area contributed by atoms with Crippen molar-refractivity contribution >= 4 is 44.2 Å². The average Bonchev–Trinajstić information content (AvgIpc) is 2.91. The van der Waals surface area contributed by atoms with Crippen molar-refractivity contribution in [2.75, 3.05) is 0 Å². The van der Waals surface area contributed by atoms with Gasteiger partial charge in [0, 0.05) is 11.9 Å². The Morgan fingerprint density at radius 2 is 1.96 bits per heavy atom. The highest BCUT2D eigenvalue weighted by Gasteiger charge is 2.13. The van der Waals surface area contributed by atoms with Crippen molar-refractivity contribution < 1.29 is 0 Å². The van der Waals surface area contributed by atoms with Crippen LogP contribution in [0.1, 0.15) is 16.3 Å². The highest BCUT2D eigenvalue weighted by atomic mass is 32.2. The number of thioether (sulfide) groups is 1. The van der Waals surface area contributed by atoms with E-state index in [1.54, 1.807) is 13.1 Å². The Morgan fingerprint density at radius 3 is 2.77 bits per heavy atom. The van der Waals surface area contributed by atoms with Gasteiger partial charge >= 0.3 is 0 Å². The Bertz CT molecular complexity index is 1270. The lowest BCUT2D eigenvalue weighted by Gasteiger charge is -2.08. The largest absolute Gasteiger partial charge is 0.309 e. The molecule has 132 valence electrons. The summed E-state index contributed by atoms with van der Waals surface area (Å²) in [5.41, 5.74) is 1.45. The third-order valence-corrected chi connectivity index (χ3v) is 6.51. The van der Waals surface area contributed by atoms with Crippen LogP contribution in [-0.2, 0) is 12.8 Å². The molecule has 0 bridgehead atoms. The standard InChI is InChI=1S/C18H16N4O2S2/c1-9-10(2)26-16-14(9)15(23)20-13(21-16)8-25-18-19-12-7-5-4-6-11(12)17(24)22(18)3/h4-7H,8H2,1-3H3,(H,20,21,23). The summed E-state index contributed by atoms with van der Waals surface area (Å²) in [5.74, 6) is 1.01. The van der Waals surface area contributed by atoms with E-state index in [9.17, 15) is 9.59 Å². The molecule has 0 atom stereocenters. The van der Waals surface area contributed by atoms with Crippen LogP contribution < -0.4 is 11.1 Å². The number of hydrogen-bond donors (Lipinski definition) is 1. The van der Waals surface area contributed by atoms with Gasteiger partial charge in [-0.05, 0) is 31.5 Å². The number of aryl methyl sites for hydroxylation is 2. The maximum Gasteiger partial charge on any atom is 0.261 e. The van der Waals surface area contributed by atoms with Crippen molar-refractivity contribution in [1.29, 1.82) is 0 Å². The Morgan fingerprint density at radius 1 is 1.19 bits per heavy atom. The predicted octanol–water partition coefficient (Wildman–Crippen LogP) is 3.14. The van der Waals surface area contributed by atoms with E-state index in [0.29, 0.717) is 33.0 Å². The number of nitrogens with zero attached hydrogens (tertiary/aromatic N) is 3. The highest BCUT2D eigenvalue weighted by molar-refractivity contribution is 7.98. The number of aromatic nitrogens is 4. The Labute approximate surface area is 156 Å². The van der Waals surface area contributed by atoms with Gasteiger partial charge in [0.15, 0.2) is 5.16 Å². The normalized spacial score (nSPS) is 11.5. The first kappa shape index (κ1) is 17.0. The van der Waals surface area contributed by atoms with Crippen LogP contribution >= 0.6 is 23.1 Å². The van der Waals surface area contributed by atoms with Gasteiger partial charge in [0.05, 0.1) is 22.0 Å². The zero-order valence-corrected chi connectivity index (χ0v) is 16.1. The summed E-state index contributed by atoms with van der Waals surface area (Å²) >= 11 is 2.91. The molecule has 4 rings (SSSR count). The number of para-hydroxylation sites is 1. The molecule has 4 aromatic rings. The molecular formula is C18H16N4O2S2. The molecule has 0 spiro atoms. The molecule has 0 aliphatic carbocycles. The molecule has 3 heterocycles. The smallest absolute Gasteiger partial charge is 0.261 e. The molecule has 0 radical (unpaired) electrons. The molecule has 0 amide bonds. The molecule has 6 nitrogen and oxygen atoms in total. The minimum Gasteiger partial charge on any atom is -0.309 e. The fourth-order valence-corrected chi connectivity index (χ4v) is 4.72. The second-order valence-electron chi connectivity index (χ2n) is 6.04. The van der Waals surface area contributed by atoms with Gasteiger partial charge in [-0.15, -0.1) is 11.3 Å². The lowest BCUT2D eigenvalue weighted by molar-refractivity contribution is 0.725. The number of thiophene rings is 1. The van der Waals surface area contributed by atoms with E-state index in [-0.39, 0.29) is 11.1 Å². The van der Waals surface area contributed by atoms with Gasteiger partial charge in [-0.2, -0.15) is 0 Å². The molecule has 26 heavy (non-hydrogen) atoms. The van der Waals surface area contributed by atoms with Crippen LogP contribution in [0.3, 0.4) is 0 Å². The summed E-state index contributed by atoms with van der Waals surface area (Å²) in [4.78, 5) is 38.7. The van der Waals surface area contributed by atoms with Crippen molar-refractivity contribution in [2.24, 2.45) is 7.05 Å². The molecule has 1 N–H and O–H groups in total. The first-order valence-corrected chi connectivity index (χ1v) is 9.83. The van der Waals surface area contributed by atoms with E-state index in [1.165, 1.54) is 27.7 Å². The second kappa shape index (κ2) is 6.37. The fourth-order valence-electron chi connectivity index (χ4n) is 2.83. The molecule has 1 aromatic carbocycles. The molecule has 0 saturated heterocycles. The lowest BCUT2D eigenvalue weighted by atomic mass is 10.2. The third kappa shape index (κ3) is 2.75. The number of hydrogen-bond acceptors (Lipinski definition) is 6. The van der Waals surface area contributed by atoms with Crippen LogP contribution in [0.2, 0.25) is 0 Å². The van der Waals surface area contributed by atoms with Crippen LogP contribution in [0.5, 0.6) is 0 Å². The topological polar surface area (TPSA) is 80.6 Å². The monoisotopic (exact) mass is 384 g/mol. The summed E-state index contributed by atoms with van der Waals surface area (Å²) < 4.78 is 1.53. The average molecular weight is 384 g/mol. The minimum atomic E-state index is -0.118. The van der Waals surface area contributed by atoms with E-state index in [2.05, 4.69) is 15.0 Å². The first-order valence-electron chi connectivity index (χ1n) is 8.03. The van der Waals surface area contributed by atoms with E-state index >= 15 is 0 Å². The summed E-state index contributed by atoms with van der Waals surface area (Å²) in [6.45, 7) is 3.93. The van der Waals surface area contributed by atoms with Crippen LogP contribution in [0.15, 0.2) is 39.0 Å². The van der Waals surface area contributed by atoms with Crippen molar-refractivity contribution in [3.63, 3.8) is 0 Å². The quantitative estimate of drug-likeness (QED) is 0.433. The molecule has 0 fully saturated rings. The molecule has 8 heteroatoms. The van der Waals surface area contributed by atoms with Gasteiger partial charge in [-0.25, -0.2) is 9.97 Å². The zero-order valence-electron chi connectivity index (χ0n) is 14.5. The van der Waals surface area contributed by atoms with E-state index < -0.39 is 0 Å². The number of benzene rings is 1. The van der Waals surface area contributed by atoms with Crippen LogP contribution in [0, 0.1) is 13.8 Å². The van der Waals surface area contributed by atoms with Gasteiger partial charge < -0.3 is 4.98 Å². The summed E-state index contributed by atoms with van der Waals surface area (Å²) in [7, 11) is 1.70. The molecule has 0 unspecified atom stereocenters. The lowest BCUT2D eigenvalue weighted by Crippen LogP contribution is -2.20. The number of fused-ring (bicyclic) bond motifs is 2. The van der Waals surface area contributed by atoms with Crippen LogP contribution in [0.4, 0.5) is 0 Å². The van der Waals surface area contributed by atoms with E-state index in [1.807, 2.05) is 32.0 Å². The van der Waals surface area contributed by atoms with Crippen molar-refractivity contribution in [2.45, 2.75) is 24.8 Å². The fraction of sp³-hybridized carbons (Fsp3) is 0.222. The maximum atomic E-state index is 12.5. The predicted molar refractivity (Wildman–Crippen MR) is 106 cm³/mol. The third-order valence-electron chi connectivity index (χ3n) is 4.37. The van der Waals surface area contributed by atoms with Gasteiger partial charge in [0.25, 0.3) is 11.1 Å². The number of rotatable bonds is 3. The number of H-pyrrole nitrogens is 1. The molecule has 3 aromatic heterocycles. The maximum absolute atomic E-state index is 12.5. The van der Waals surface area contributed by atoms with Crippen molar-refractivity contribution in [3.05, 3.63) is 61.2 Å². The molecular weight excluding hydrogens is 368 g/mol. The van der Waals surface area contributed by atoms with Gasteiger partial charge in [0.2, 0.25) is 0 Å². The minimum absolute atomic E-state index is 0.0838. The number of nitrogens with one attached hydrogen (secondary N) is 1. The summed E-state index contributed by atoms with van der Waals surface area (Å²) in [6, 6.07) is 7.28. The van der Waals surface area contributed by atoms with E-state index in [4.69, 9.17) is 0 Å². The zero-order chi connectivity index (χ0) is 18.4. The second-order valence-corrected chi connectivity index (χ2v) is 8.19. The summed E-state index contributed by atoms with van der Waals surface area (Å²) in [6.07, 6.45) is 0. The molecule has 0 saturated carbocycles.